The zero-order chi connectivity index (χ0) is 12.3. The Morgan fingerprint density at radius 3 is 2.65 bits per heavy atom. The van der Waals surface area contributed by atoms with Crippen molar-refractivity contribution < 1.29 is 9.53 Å². The second kappa shape index (κ2) is 5.10. The van der Waals surface area contributed by atoms with E-state index in [2.05, 4.69) is 20.9 Å². The zero-order valence-electron chi connectivity index (χ0n) is 9.18. The van der Waals surface area contributed by atoms with Gasteiger partial charge in [-0.05, 0) is 34.1 Å². The van der Waals surface area contributed by atoms with Crippen LogP contribution in [0.1, 0.15) is 10.4 Å². The van der Waals surface area contributed by atoms with Crippen molar-refractivity contribution in [1.29, 1.82) is 0 Å². The summed E-state index contributed by atoms with van der Waals surface area (Å²) in [5.41, 5.74) is 2.03. The van der Waals surface area contributed by atoms with E-state index >= 15 is 0 Å². The first-order valence-electron chi connectivity index (χ1n) is 5.01. The molecule has 3 nitrogen and oxygen atoms in total. The maximum absolute atomic E-state index is 11.6. The van der Waals surface area contributed by atoms with Gasteiger partial charge < -0.3 is 4.74 Å². The standard InChI is InChI=1S/C13H10BrNO2/c1-17-13(16)11-5-3-2-4-10(11)12-7-6-9(14)8-15-12/h2-8H,1H3. The fourth-order valence-corrected chi connectivity index (χ4v) is 1.76. The second-order valence-corrected chi connectivity index (χ2v) is 4.31. The summed E-state index contributed by atoms with van der Waals surface area (Å²) in [7, 11) is 1.37. The number of hydrogen-bond donors (Lipinski definition) is 0. The van der Waals surface area contributed by atoms with Gasteiger partial charge in [-0.1, -0.05) is 18.2 Å². The molecule has 2 rings (SSSR count). The maximum atomic E-state index is 11.6. The van der Waals surface area contributed by atoms with Crippen LogP contribution >= 0.6 is 15.9 Å². The number of pyridine rings is 1. The molecule has 0 atom stereocenters. The molecule has 1 heterocycles. The number of methoxy groups -OCH3 is 1. The number of halogens is 1. The van der Waals surface area contributed by atoms with Crippen LogP contribution in [0.5, 0.6) is 0 Å². The first-order valence-corrected chi connectivity index (χ1v) is 5.81. The number of rotatable bonds is 2. The van der Waals surface area contributed by atoms with Gasteiger partial charge in [0.1, 0.15) is 0 Å². The fraction of sp³-hybridized carbons (Fsp3) is 0.0769. The molecule has 1 aromatic heterocycles. The predicted octanol–water partition coefficient (Wildman–Crippen LogP) is 3.30. The first-order chi connectivity index (χ1) is 8.22. The van der Waals surface area contributed by atoms with Crippen LogP contribution in [0.4, 0.5) is 0 Å². The minimum absolute atomic E-state index is 0.356. The molecule has 0 fully saturated rings. The van der Waals surface area contributed by atoms with Crippen LogP contribution in [-0.4, -0.2) is 18.1 Å². The van der Waals surface area contributed by atoms with Crippen LogP contribution < -0.4 is 0 Å². The van der Waals surface area contributed by atoms with Gasteiger partial charge in [-0.25, -0.2) is 4.79 Å². The molecule has 0 saturated carbocycles. The number of benzene rings is 1. The van der Waals surface area contributed by atoms with E-state index in [1.807, 2.05) is 24.3 Å². The number of esters is 1. The summed E-state index contributed by atoms with van der Waals surface area (Å²) in [5, 5.41) is 0. The molecule has 0 aliphatic heterocycles. The summed E-state index contributed by atoms with van der Waals surface area (Å²) < 4.78 is 5.65. The van der Waals surface area contributed by atoms with E-state index in [0.717, 1.165) is 15.7 Å². The Hall–Kier alpha value is -1.68. The third-order valence-electron chi connectivity index (χ3n) is 2.34. The molecule has 1 aromatic carbocycles. The van der Waals surface area contributed by atoms with Crippen molar-refractivity contribution in [3.05, 3.63) is 52.6 Å². The average Bonchev–Trinajstić information content (AvgIpc) is 2.39. The molecule has 0 amide bonds. The lowest BCUT2D eigenvalue weighted by Gasteiger charge is -2.06. The highest BCUT2D eigenvalue weighted by Gasteiger charge is 2.12. The van der Waals surface area contributed by atoms with Crippen LogP contribution in [0, 0.1) is 0 Å². The van der Waals surface area contributed by atoms with Crippen LogP contribution in [0.25, 0.3) is 11.3 Å². The molecule has 86 valence electrons. The predicted molar refractivity (Wildman–Crippen MR) is 68.7 cm³/mol. The normalized spacial score (nSPS) is 10.0. The summed E-state index contributed by atoms with van der Waals surface area (Å²) in [6.07, 6.45) is 1.70. The average molecular weight is 292 g/mol. The molecule has 0 aliphatic carbocycles. The summed E-state index contributed by atoms with van der Waals surface area (Å²) in [4.78, 5) is 15.9. The quantitative estimate of drug-likeness (QED) is 0.797. The molecule has 0 unspecified atom stereocenters. The molecule has 0 bridgehead atoms. The summed E-state index contributed by atoms with van der Waals surface area (Å²) in [5.74, 6) is -0.356. The molecule has 4 heteroatoms. The summed E-state index contributed by atoms with van der Waals surface area (Å²) in [6, 6.07) is 11.0. The second-order valence-electron chi connectivity index (χ2n) is 3.40. The maximum Gasteiger partial charge on any atom is 0.338 e. The van der Waals surface area contributed by atoms with Gasteiger partial charge in [-0.15, -0.1) is 0 Å². The van der Waals surface area contributed by atoms with Crippen LogP contribution in [0.15, 0.2) is 47.1 Å². The first kappa shape index (κ1) is 11.8. The van der Waals surface area contributed by atoms with Gasteiger partial charge in [0.25, 0.3) is 0 Å². The molecule has 17 heavy (non-hydrogen) atoms. The molecule has 0 aliphatic rings. The number of carbonyl (C=O) groups excluding carboxylic acids is 1. The lowest BCUT2D eigenvalue weighted by atomic mass is 10.0. The van der Waals surface area contributed by atoms with Crippen molar-refractivity contribution in [1.82, 2.24) is 4.98 Å². The van der Waals surface area contributed by atoms with E-state index in [9.17, 15) is 4.79 Å². The van der Waals surface area contributed by atoms with Gasteiger partial charge in [-0.3, -0.25) is 4.98 Å². The monoisotopic (exact) mass is 291 g/mol. The summed E-state index contributed by atoms with van der Waals surface area (Å²) >= 11 is 3.32. The van der Waals surface area contributed by atoms with Crippen LogP contribution in [0.3, 0.4) is 0 Å². The van der Waals surface area contributed by atoms with Gasteiger partial charge >= 0.3 is 5.97 Å². The fourth-order valence-electron chi connectivity index (χ4n) is 1.53. The van der Waals surface area contributed by atoms with E-state index in [4.69, 9.17) is 4.74 Å². The van der Waals surface area contributed by atoms with Crippen molar-refractivity contribution in [3.8, 4) is 11.3 Å². The molecule has 0 N–H and O–H groups in total. The molecule has 0 saturated heterocycles. The molecular weight excluding hydrogens is 282 g/mol. The van der Waals surface area contributed by atoms with Crippen molar-refractivity contribution in [2.24, 2.45) is 0 Å². The largest absolute Gasteiger partial charge is 0.465 e. The Bertz CT molecular complexity index is 537. The Labute approximate surface area is 108 Å². The number of nitrogens with zero attached hydrogens (tertiary/aromatic N) is 1. The third kappa shape index (κ3) is 2.53. The highest BCUT2D eigenvalue weighted by Crippen LogP contribution is 2.23. The lowest BCUT2D eigenvalue weighted by Crippen LogP contribution is -2.03. The summed E-state index contributed by atoms with van der Waals surface area (Å²) in [6.45, 7) is 0. The number of hydrogen-bond acceptors (Lipinski definition) is 3. The molecule has 2 aromatic rings. The Balaban J connectivity index is 2.51. The van der Waals surface area contributed by atoms with Crippen LogP contribution in [-0.2, 0) is 4.74 Å². The van der Waals surface area contributed by atoms with Crippen molar-refractivity contribution in [2.75, 3.05) is 7.11 Å². The third-order valence-corrected chi connectivity index (χ3v) is 2.80. The van der Waals surface area contributed by atoms with Crippen LogP contribution in [0.2, 0.25) is 0 Å². The number of ether oxygens (including phenoxy) is 1. The van der Waals surface area contributed by atoms with Crippen molar-refractivity contribution >= 4 is 21.9 Å². The van der Waals surface area contributed by atoms with E-state index in [0.29, 0.717) is 5.56 Å². The van der Waals surface area contributed by atoms with E-state index in [1.54, 1.807) is 18.3 Å². The molecular formula is C13H10BrNO2. The lowest BCUT2D eigenvalue weighted by molar-refractivity contribution is 0.0601. The Morgan fingerprint density at radius 1 is 1.24 bits per heavy atom. The van der Waals surface area contributed by atoms with Crippen molar-refractivity contribution in [2.45, 2.75) is 0 Å². The SMILES string of the molecule is COC(=O)c1ccccc1-c1ccc(Br)cn1. The van der Waals surface area contributed by atoms with Crippen molar-refractivity contribution in [3.63, 3.8) is 0 Å². The smallest absolute Gasteiger partial charge is 0.338 e. The Kier molecular flexibility index (Phi) is 3.54. The highest BCUT2D eigenvalue weighted by molar-refractivity contribution is 9.10. The highest BCUT2D eigenvalue weighted by atomic mass is 79.9. The van der Waals surface area contributed by atoms with Gasteiger partial charge in [0.2, 0.25) is 0 Å². The van der Waals surface area contributed by atoms with Gasteiger partial charge in [-0.2, -0.15) is 0 Å². The van der Waals surface area contributed by atoms with E-state index in [1.165, 1.54) is 7.11 Å². The van der Waals surface area contributed by atoms with E-state index in [-0.39, 0.29) is 5.97 Å². The van der Waals surface area contributed by atoms with Gasteiger partial charge in [0, 0.05) is 16.2 Å². The minimum atomic E-state index is -0.356. The van der Waals surface area contributed by atoms with Gasteiger partial charge in [0.05, 0.1) is 18.4 Å². The number of aromatic nitrogens is 1. The molecule has 0 spiro atoms. The topological polar surface area (TPSA) is 39.2 Å². The van der Waals surface area contributed by atoms with E-state index < -0.39 is 0 Å². The van der Waals surface area contributed by atoms with Gasteiger partial charge in [0.15, 0.2) is 0 Å². The molecule has 0 radical (unpaired) electrons. The minimum Gasteiger partial charge on any atom is -0.465 e. The number of carbonyl (C=O) groups is 1. The Morgan fingerprint density at radius 2 is 2.00 bits per heavy atom. The zero-order valence-corrected chi connectivity index (χ0v) is 10.8.